The Bertz CT molecular complexity index is 86.7. The van der Waals surface area contributed by atoms with Crippen LogP contribution in [0.5, 0.6) is 0 Å². The van der Waals surface area contributed by atoms with Crippen molar-refractivity contribution in [2.75, 3.05) is 6.54 Å². The first-order valence-corrected chi connectivity index (χ1v) is 4.54. The normalized spacial score (nSPS) is 21.0. The molecule has 0 amide bonds. The van der Waals surface area contributed by atoms with Gasteiger partial charge in [-0.3, -0.25) is 0 Å². The van der Waals surface area contributed by atoms with Crippen molar-refractivity contribution in [3.05, 3.63) is 0 Å². The topological polar surface area (TPSA) is 26.0 Å². The highest BCUT2D eigenvalue weighted by Gasteiger charge is 2.26. The Hall–Kier alpha value is -0.0400. The van der Waals surface area contributed by atoms with Gasteiger partial charge in [0.1, 0.15) is 0 Å². The first-order valence-electron chi connectivity index (χ1n) is 4.54. The first kappa shape index (κ1) is 8.06. The Morgan fingerprint density at radius 2 is 2.10 bits per heavy atom. The van der Waals surface area contributed by atoms with Gasteiger partial charge in [-0.2, -0.15) is 0 Å². The van der Waals surface area contributed by atoms with E-state index in [1.165, 1.54) is 32.1 Å². The van der Waals surface area contributed by atoms with Gasteiger partial charge in [-0.25, -0.2) is 0 Å². The number of nitrogens with two attached hydrogens (primary N) is 1. The summed E-state index contributed by atoms with van der Waals surface area (Å²) in [6.07, 6.45) is 6.95. The summed E-state index contributed by atoms with van der Waals surface area (Å²) in [5.41, 5.74) is 5.41. The monoisotopic (exact) mass is 141 g/mol. The first-order chi connectivity index (χ1) is 4.84. The summed E-state index contributed by atoms with van der Waals surface area (Å²) in [5, 5.41) is 0. The molecular formula is C9H19N. The van der Waals surface area contributed by atoms with Crippen molar-refractivity contribution in [3.63, 3.8) is 0 Å². The minimum atomic E-state index is 0.872. The molecule has 1 heteroatoms. The lowest BCUT2D eigenvalue weighted by atomic mass is 9.99. The Kier molecular flexibility index (Phi) is 3.20. The summed E-state index contributed by atoms with van der Waals surface area (Å²) in [5.74, 6) is 2.06. The summed E-state index contributed by atoms with van der Waals surface area (Å²) in [4.78, 5) is 0. The van der Waals surface area contributed by atoms with Gasteiger partial charge in [-0.1, -0.05) is 19.8 Å². The van der Waals surface area contributed by atoms with Crippen molar-refractivity contribution < 1.29 is 0 Å². The fraction of sp³-hybridized carbons (Fsp3) is 1.00. The van der Waals surface area contributed by atoms with E-state index < -0.39 is 0 Å². The molecule has 1 atom stereocenters. The van der Waals surface area contributed by atoms with Crippen molar-refractivity contribution in [2.24, 2.45) is 17.6 Å². The zero-order valence-electron chi connectivity index (χ0n) is 6.97. The summed E-state index contributed by atoms with van der Waals surface area (Å²) < 4.78 is 0. The summed E-state index contributed by atoms with van der Waals surface area (Å²) in [7, 11) is 0. The van der Waals surface area contributed by atoms with Crippen LogP contribution in [0.15, 0.2) is 0 Å². The molecule has 2 N–H and O–H groups in total. The molecule has 0 radical (unpaired) electrons. The molecule has 1 fully saturated rings. The van der Waals surface area contributed by atoms with Crippen LogP contribution < -0.4 is 5.73 Å². The van der Waals surface area contributed by atoms with Crippen LogP contribution in [0.3, 0.4) is 0 Å². The van der Waals surface area contributed by atoms with Gasteiger partial charge in [-0.15, -0.1) is 0 Å². The molecule has 0 aromatic carbocycles. The summed E-state index contributed by atoms with van der Waals surface area (Å²) in [6.45, 7) is 3.26. The average Bonchev–Trinajstić information content (AvgIpc) is 2.69. The fourth-order valence-electron chi connectivity index (χ4n) is 1.51. The molecule has 0 bridgehead atoms. The molecule has 0 saturated heterocycles. The number of rotatable bonds is 5. The van der Waals surface area contributed by atoms with E-state index >= 15 is 0 Å². The van der Waals surface area contributed by atoms with Gasteiger partial charge in [0.05, 0.1) is 0 Å². The molecule has 60 valence electrons. The van der Waals surface area contributed by atoms with E-state index in [0.29, 0.717) is 0 Å². The van der Waals surface area contributed by atoms with Crippen LogP contribution >= 0.6 is 0 Å². The minimum Gasteiger partial charge on any atom is -0.330 e. The second-order valence-corrected chi connectivity index (χ2v) is 3.60. The predicted octanol–water partition coefficient (Wildman–Crippen LogP) is 2.16. The van der Waals surface area contributed by atoms with Crippen LogP contribution in [0.1, 0.15) is 39.0 Å². The van der Waals surface area contributed by atoms with Crippen molar-refractivity contribution >= 4 is 0 Å². The zero-order chi connectivity index (χ0) is 7.40. The predicted molar refractivity (Wildman–Crippen MR) is 44.8 cm³/mol. The molecule has 0 aromatic heterocycles. The molecule has 0 heterocycles. The van der Waals surface area contributed by atoms with E-state index in [4.69, 9.17) is 5.73 Å². The van der Waals surface area contributed by atoms with Gasteiger partial charge in [-0.05, 0) is 37.6 Å². The number of hydrogen-bond acceptors (Lipinski definition) is 1. The van der Waals surface area contributed by atoms with E-state index in [9.17, 15) is 0 Å². The quantitative estimate of drug-likeness (QED) is 0.583. The number of hydrogen-bond donors (Lipinski definition) is 1. The molecule has 1 saturated carbocycles. The lowest BCUT2D eigenvalue weighted by Crippen LogP contribution is -2.01. The summed E-state index contributed by atoms with van der Waals surface area (Å²) >= 11 is 0. The van der Waals surface area contributed by atoms with E-state index in [1.807, 2.05) is 0 Å². The Labute approximate surface area is 64.0 Å². The molecule has 1 rings (SSSR count). The van der Waals surface area contributed by atoms with Crippen LogP contribution in [-0.2, 0) is 0 Å². The van der Waals surface area contributed by atoms with Crippen molar-refractivity contribution in [3.8, 4) is 0 Å². The molecular weight excluding hydrogens is 122 g/mol. The second kappa shape index (κ2) is 3.97. The van der Waals surface area contributed by atoms with E-state index in [2.05, 4.69) is 6.92 Å². The highest BCUT2D eigenvalue weighted by Crippen LogP contribution is 2.38. The second-order valence-electron chi connectivity index (χ2n) is 3.60. The average molecular weight is 141 g/mol. The van der Waals surface area contributed by atoms with Gasteiger partial charge in [0.15, 0.2) is 0 Å². The third kappa shape index (κ3) is 2.70. The molecule has 1 aliphatic carbocycles. The maximum Gasteiger partial charge on any atom is -0.00773 e. The smallest absolute Gasteiger partial charge is 0.00773 e. The highest BCUT2D eigenvalue weighted by atomic mass is 14.5. The third-order valence-corrected chi connectivity index (χ3v) is 2.54. The molecule has 1 aliphatic rings. The Morgan fingerprint density at radius 1 is 1.40 bits per heavy atom. The Balaban J connectivity index is 1.90. The van der Waals surface area contributed by atoms with Gasteiger partial charge < -0.3 is 5.73 Å². The molecule has 1 nitrogen and oxygen atoms in total. The van der Waals surface area contributed by atoms with Gasteiger partial charge in [0.25, 0.3) is 0 Å². The van der Waals surface area contributed by atoms with Crippen molar-refractivity contribution in [1.82, 2.24) is 0 Å². The SMILES string of the molecule is CC(CCCCN)C1CC1. The van der Waals surface area contributed by atoms with E-state index in [0.717, 1.165) is 18.4 Å². The van der Waals surface area contributed by atoms with Crippen LogP contribution in [0.2, 0.25) is 0 Å². The largest absolute Gasteiger partial charge is 0.330 e. The van der Waals surface area contributed by atoms with E-state index in [-0.39, 0.29) is 0 Å². The maximum atomic E-state index is 5.41. The molecule has 0 spiro atoms. The Morgan fingerprint density at radius 3 is 2.60 bits per heavy atom. The third-order valence-electron chi connectivity index (χ3n) is 2.54. The fourth-order valence-corrected chi connectivity index (χ4v) is 1.51. The molecule has 1 unspecified atom stereocenters. The van der Waals surface area contributed by atoms with Crippen LogP contribution in [-0.4, -0.2) is 6.54 Å². The standard InChI is InChI=1S/C9H19N/c1-8(9-5-6-9)4-2-3-7-10/h8-9H,2-7,10H2,1H3. The van der Waals surface area contributed by atoms with Crippen molar-refractivity contribution in [2.45, 2.75) is 39.0 Å². The van der Waals surface area contributed by atoms with Crippen molar-refractivity contribution in [1.29, 1.82) is 0 Å². The molecule has 10 heavy (non-hydrogen) atoms. The van der Waals surface area contributed by atoms with Gasteiger partial charge in [0.2, 0.25) is 0 Å². The maximum absolute atomic E-state index is 5.41. The van der Waals surface area contributed by atoms with Gasteiger partial charge >= 0.3 is 0 Å². The molecule has 0 aliphatic heterocycles. The lowest BCUT2D eigenvalue weighted by Gasteiger charge is -2.07. The van der Waals surface area contributed by atoms with E-state index in [1.54, 1.807) is 0 Å². The summed E-state index contributed by atoms with van der Waals surface area (Å²) in [6, 6.07) is 0. The van der Waals surface area contributed by atoms with Crippen LogP contribution in [0, 0.1) is 11.8 Å². The van der Waals surface area contributed by atoms with Crippen LogP contribution in [0.25, 0.3) is 0 Å². The zero-order valence-corrected chi connectivity index (χ0v) is 6.97. The lowest BCUT2D eigenvalue weighted by molar-refractivity contribution is 0.448. The van der Waals surface area contributed by atoms with Gasteiger partial charge in [0, 0.05) is 0 Å². The molecule has 0 aromatic rings. The number of unbranched alkanes of at least 4 members (excludes halogenated alkanes) is 1. The highest BCUT2D eigenvalue weighted by molar-refractivity contribution is 4.78. The van der Waals surface area contributed by atoms with Crippen LogP contribution in [0.4, 0.5) is 0 Å². The minimum absolute atomic E-state index is 0.872.